The summed E-state index contributed by atoms with van der Waals surface area (Å²) in [6, 6.07) is 1.87. The Morgan fingerprint density at radius 3 is 2.53 bits per heavy atom. The van der Waals surface area contributed by atoms with E-state index in [1.54, 1.807) is 4.68 Å². The van der Waals surface area contributed by atoms with Crippen molar-refractivity contribution in [3.8, 4) is 0 Å². The molecule has 0 aliphatic heterocycles. The Bertz CT molecular complexity index is 531. The maximum Gasteiger partial charge on any atom is 0.153 e. The van der Waals surface area contributed by atoms with Crippen LogP contribution in [0.5, 0.6) is 0 Å². The highest BCUT2D eigenvalue weighted by Gasteiger charge is 2.09. The lowest BCUT2D eigenvalue weighted by molar-refractivity contribution is 0.771. The van der Waals surface area contributed by atoms with Crippen LogP contribution in [0.15, 0.2) is 12.3 Å². The molecule has 17 heavy (non-hydrogen) atoms. The van der Waals surface area contributed by atoms with E-state index < -0.39 is 0 Å². The number of nitrogens with two attached hydrogens (primary N) is 1. The number of nitrogens with one attached hydrogen (secondary N) is 2. The number of anilines is 3. The second-order valence-corrected chi connectivity index (χ2v) is 3.74. The lowest BCUT2D eigenvalue weighted by atomic mass is 10.3. The highest BCUT2D eigenvalue weighted by atomic mass is 15.3. The molecule has 7 heteroatoms. The van der Waals surface area contributed by atoms with Gasteiger partial charge in [-0.2, -0.15) is 5.10 Å². The van der Waals surface area contributed by atoms with Crippen molar-refractivity contribution in [2.75, 3.05) is 10.7 Å². The molecule has 7 nitrogen and oxygen atoms in total. The summed E-state index contributed by atoms with van der Waals surface area (Å²) in [6.45, 7) is 3.70. The molecule has 2 aromatic heterocycles. The van der Waals surface area contributed by atoms with E-state index in [4.69, 9.17) is 5.84 Å². The number of hydrogen-bond acceptors (Lipinski definition) is 6. The Balaban J connectivity index is 2.35. The summed E-state index contributed by atoms with van der Waals surface area (Å²) in [5.41, 5.74) is 3.40. The van der Waals surface area contributed by atoms with Crippen molar-refractivity contribution >= 4 is 17.5 Å². The van der Waals surface area contributed by atoms with Gasteiger partial charge in [-0.3, -0.25) is 4.68 Å². The molecular weight excluding hydrogens is 218 g/mol. The molecule has 2 aromatic rings. The summed E-state index contributed by atoms with van der Waals surface area (Å²) in [4.78, 5) is 8.50. The summed E-state index contributed by atoms with van der Waals surface area (Å²) in [6.07, 6.45) is 1.85. The van der Waals surface area contributed by atoms with Crippen LogP contribution in [0, 0.1) is 13.8 Å². The average molecular weight is 233 g/mol. The minimum atomic E-state index is 0.607. The summed E-state index contributed by atoms with van der Waals surface area (Å²) in [5, 5.41) is 7.36. The molecule has 0 aliphatic rings. The van der Waals surface area contributed by atoms with Crippen molar-refractivity contribution in [1.29, 1.82) is 0 Å². The quantitative estimate of drug-likeness (QED) is 0.537. The maximum absolute atomic E-state index is 5.40. The fourth-order valence-corrected chi connectivity index (χ4v) is 1.49. The lowest BCUT2D eigenvalue weighted by Crippen LogP contribution is -2.13. The number of rotatable bonds is 3. The third-order valence-electron chi connectivity index (χ3n) is 2.35. The molecule has 0 bridgehead atoms. The molecule has 90 valence electrons. The van der Waals surface area contributed by atoms with Gasteiger partial charge < -0.3 is 10.7 Å². The molecule has 0 saturated carbocycles. The van der Waals surface area contributed by atoms with Crippen molar-refractivity contribution in [2.45, 2.75) is 13.8 Å². The second kappa shape index (κ2) is 4.38. The molecule has 0 aliphatic carbocycles. The first kappa shape index (κ1) is 11.3. The van der Waals surface area contributed by atoms with Crippen LogP contribution in [0.4, 0.5) is 17.5 Å². The average Bonchev–Trinajstić information content (AvgIpc) is 2.69. The highest BCUT2D eigenvalue weighted by molar-refractivity contribution is 5.62. The first-order chi connectivity index (χ1) is 8.10. The van der Waals surface area contributed by atoms with Crippen LogP contribution in [0.1, 0.15) is 11.4 Å². The standard InChI is InChI=1S/C10H15N7/c1-6-9(12-7(2)13-10(6)15-11)14-8-4-5-17(3)16-8/h4-5H,11H2,1-3H3,(H2,12,13,14,15,16). The zero-order chi connectivity index (χ0) is 12.4. The minimum Gasteiger partial charge on any atom is -0.323 e. The number of hydrazine groups is 1. The summed E-state index contributed by atoms with van der Waals surface area (Å²) < 4.78 is 1.72. The van der Waals surface area contributed by atoms with Crippen LogP contribution in [0.2, 0.25) is 0 Å². The van der Waals surface area contributed by atoms with Gasteiger partial charge in [-0.15, -0.1) is 0 Å². The van der Waals surface area contributed by atoms with Gasteiger partial charge in [0.15, 0.2) is 5.82 Å². The molecule has 0 spiro atoms. The van der Waals surface area contributed by atoms with E-state index in [-0.39, 0.29) is 0 Å². The SMILES string of the molecule is Cc1nc(NN)c(C)c(Nc2ccn(C)n2)n1. The minimum absolute atomic E-state index is 0.607. The van der Waals surface area contributed by atoms with Gasteiger partial charge in [0.2, 0.25) is 0 Å². The fraction of sp³-hybridized carbons (Fsp3) is 0.300. The first-order valence-corrected chi connectivity index (χ1v) is 5.18. The van der Waals surface area contributed by atoms with Gasteiger partial charge >= 0.3 is 0 Å². The van der Waals surface area contributed by atoms with E-state index in [2.05, 4.69) is 25.8 Å². The van der Waals surface area contributed by atoms with Crippen LogP contribution < -0.4 is 16.6 Å². The molecule has 2 rings (SSSR count). The molecule has 0 unspecified atom stereocenters. The van der Waals surface area contributed by atoms with E-state index >= 15 is 0 Å². The smallest absolute Gasteiger partial charge is 0.153 e. The van der Waals surface area contributed by atoms with Gasteiger partial charge in [0.05, 0.1) is 0 Å². The van der Waals surface area contributed by atoms with Crippen LogP contribution in [0.25, 0.3) is 0 Å². The molecule has 4 N–H and O–H groups in total. The number of aryl methyl sites for hydroxylation is 2. The van der Waals surface area contributed by atoms with Gasteiger partial charge in [0.25, 0.3) is 0 Å². The zero-order valence-electron chi connectivity index (χ0n) is 10.0. The number of aromatic nitrogens is 4. The van der Waals surface area contributed by atoms with Crippen LogP contribution >= 0.6 is 0 Å². The predicted octanol–water partition coefficient (Wildman–Crippen LogP) is 0.856. The van der Waals surface area contributed by atoms with Crippen LogP contribution in [0.3, 0.4) is 0 Å². The lowest BCUT2D eigenvalue weighted by Gasteiger charge is -2.10. The van der Waals surface area contributed by atoms with E-state index in [1.165, 1.54) is 0 Å². The van der Waals surface area contributed by atoms with Crippen molar-refractivity contribution in [3.63, 3.8) is 0 Å². The topological polar surface area (TPSA) is 93.7 Å². The van der Waals surface area contributed by atoms with E-state index in [9.17, 15) is 0 Å². The Morgan fingerprint density at radius 2 is 1.94 bits per heavy atom. The van der Waals surface area contributed by atoms with Gasteiger partial charge in [-0.1, -0.05) is 0 Å². The Labute approximate surface area is 99.0 Å². The third-order valence-corrected chi connectivity index (χ3v) is 2.35. The van der Waals surface area contributed by atoms with Gasteiger partial charge in [0, 0.05) is 24.9 Å². The monoisotopic (exact) mass is 233 g/mol. The first-order valence-electron chi connectivity index (χ1n) is 5.18. The van der Waals surface area contributed by atoms with Crippen molar-refractivity contribution < 1.29 is 0 Å². The van der Waals surface area contributed by atoms with Gasteiger partial charge in [-0.25, -0.2) is 15.8 Å². The van der Waals surface area contributed by atoms with Crippen LogP contribution in [-0.2, 0) is 7.05 Å². The molecule has 0 saturated heterocycles. The molecule has 0 atom stereocenters. The Hall–Kier alpha value is -2.15. The molecule has 2 heterocycles. The van der Waals surface area contributed by atoms with Gasteiger partial charge in [0.1, 0.15) is 17.5 Å². The molecular formula is C10H15N7. The highest BCUT2D eigenvalue weighted by Crippen LogP contribution is 2.21. The summed E-state index contributed by atoms with van der Waals surface area (Å²) >= 11 is 0. The number of nitrogens with zero attached hydrogens (tertiary/aromatic N) is 4. The largest absolute Gasteiger partial charge is 0.323 e. The molecule has 0 aromatic carbocycles. The Morgan fingerprint density at radius 1 is 1.24 bits per heavy atom. The molecule has 0 fully saturated rings. The predicted molar refractivity (Wildman–Crippen MR) is 65.8 cm³/mol. The maximum atomic E-state index is 5.40. The number of nitrogen functional groups attached to an aromatic ring is 1. The fourth-order valence-electron chi connectivity index (χ4n) is 1.49. The van der Waals surface area contributed by atoms with Crippen molar-refractivity contribution in [2.24, 2.45) is 12.9 Å². The van der Waals surface area contributed by atoms with Crippen molar-refractivity contribution in [3.05, 3.63) is 23.7 Å². The van der Waals surface area contributed by atoms with Crippen molar-refractivity contribution in [1.82, 2.24) is 19.7 Å². The molecule has 0 radical (unpaired) electrons. The van der Waals surface area contributed by atoms with E-state index in [0.717, 1.165) is 11.4 Å². The van der Waals surface area contributed by atoms with Crippen LogP contribution in [-0.4, -0.2) is 19.7 Å². The number of hydrogen-bond donors (Lipinski definition) is 3. The van der Waals surface area contributed by atoms with E-state index in [1.807, 2.05) is 33.2 Å². The molecule has 0 amide bonds. The third kappa shape index (κ3) is 2.34. The van der Waals surface area contributed by atoms with E-state index in [0.29, 0.717) is 17.5 Å². The second-order valence-electron chi connectivity index (χ2n) is 3.74. The normalized spacial score (nSPS) is 10.4. The summed E-state index contributed by atoms with van der Waals surface area (Å²) in [7, 11) is 1.86. The zero-order valence-corrected chi connectivity index (χ0v) is 10.0. The summed E-state index contributed by atoms with van der Waals surface area (Å²) in [5.74, 6) is 8.08. The Kier molecular flexibility index (Phi) is 2.92. The van der Waals surface area contributed by atoms with Gasteiger partial charge in [-0.05, 0) is 13.8 Å².